The van der Waals surface area contributed by atoms with Crippen molar-refractivity contribution in [1.82, 2.24) is 0 Å². The Hall–Kier alpha value is -1.67. The van der Waals surface area contributed by atoms with Crippen LogP contribution in [0, 0.1) is 0 Å². The lowest BCUT2D eigenvalue weighted by Gasteiger charge is -2.25. The molecule has 1 rings (SSSR count). The smallest absolute Gasteiger partial charge is 0.303 e. The SMILES string of the molecule is CC(=O)O[C@H]1[C@H]([C@@H](C)OC(C)=O)OC(O)[C@@H]1OC(C)=O. The van der Waals surface area contributed by atoms with Gasteiger partial charge in [0.2, 0.25) is 0 Å². The quantitative estimate of drug-likeness (QED) is 0.546. The van der Waals surface area contributed by atoms with Crippen molar-refractivity contribution >= 4 is 17.9 Å². The first kappa shape index (κ1) is 16.4. The standard InChI is InChI=1S/C12H18O8/c1-5(17-6(2)13)9-10(18-7(3)14)11(12(16)20-9)19-8(4)15/h5,9-12,16H,1-4H3/t5-,9+,10+,11-,12?/m1/s1. The molecule has 20 heavy (non-hydrogen) atoms. The van der Waals surface area contributed by atoms with E-state index in [1.807, 2.05) is 0 Å². The summed E-state index contributed by atoms with van der Waals surface area (Å²) in [6, 6.07) is 0. The second kappa shape index (κ2) is 6.67. The highest BCUT2D eigenvalue weighted by molar-refractivity contribution is 5.68. The van der Waals surface area contributed by atoms with E-state index in [1.54, 1.807) is 0 Å². The molecule has 8 nitrogen and oxygen atoms in total. The number of esters is 3. The van der Waals surface area contributed by atoms with Crippen LogP contribution in [0.4, 0.5) is 0 Å². The second-order valence-electron chi connectivity index (χ2n) is 4.45. The Labute approximate surface area is 115 Å². The molecule has 1 aliphatic rings. The monoisotopic (exact) mass is 290 g/mol. The van der Waals surface area contributed by atoms with Crippen molar-refractivity contribution in [3.05, 3.63) is 0 Å². The molecule has 5 atom stereocenters. The number of ether oxygens (including phenoxy) is 4. The van der Waals surface area contributed by atoms with Crippen molar-refractivity contribution in [3.63, 3.8) is 0 Å². The van der Waals surface area contributed by atoms with Crippen LogP contribution in [0.3, 0.4) is 0 Å². The first-order chi connectivity index (χ1) is 9.22. The van der Waals surface area contributed by atoms with Crippen LogP contribution in [0.1, 0.15) is 27.7 Å². The summed E-state index contributed by atoms with van der Waals surface area (Å²) in [5.74, 6) is -1.84. The molecular weight excluding hydrogens is 272 g/mol. The third kappa shape index (κ3) is 4.17. The van der Waals surface area contributed by atoms with Crippen LogP contribution in [0.15, 0.2) is 0 Å². The molecule has 0 aromatic rings. The molecule has 1 unspecified atom stereocenters. The lowest BCUT2D eigenvalue weighted by molar-refractivity contribution is -0.176. The summed E-state index contributed by atoms with van der Waals surface area (Å²) in [7, 11) is 0. The Kier molecular flexibility index (Phi) is 5.46. The Bertz CT molecular complexity index is 393. The van der Waals surface area contributed by atoms with E-state index in [1.165, 1.54) is 20.8 Å². The normalized spacial score (nSPS) is 30.4. The molecule has 114 valence electrons. The molecule has 0 bridgehead atoms. The van der Waals surface area contributed by atoms with Gasteiger partial charge < -0.3 is 24.1 Å². The predicted molar refractivity (Wildman–Crippen MR) is 63.2 cm³/mol. The molecule has 8 heteroatoms. The number of aliphatic hydroxyl groups is 1. The van der Waals surface area contributed by atoms with Crippen LogP contribution in [0.2, 0.25) is 0 Å². The third-order valence-corrected chi connectivity index (χ3v) is 2.64. The van der Waals surface area contributed by atoms with Gasteiger partial charge in [-0.05, 0) is 6.92 Å². The van der Waals surface area contributed by atoms with E-state index < -0.39 is 48.6 Å². The van der Waals surface area contributed by atoms with Crippen LogP contribution in [0.5, 0.6) is 0 Å². The van der Waals surface area contributed by atoms with Gasteiger partial charge >= 0.3 is 17.9 Å². The topological polar surface area (TPSA) is 108 Å². The predicted octanol–water partition coefficient (Wildman–Crippen LogP) is -0.481. The molecule has 1 aliphatic heterocycles. The zero-order valence-corrected chi connectivity index (χ0v) is 11.7. The van der Waals surface area contributed by atoms with Crippen molar-refractivity contribution in [1.29, 1.82) is 0 Å². The number of rotatable bonds is 4. The zero-order valence-electron chi connectivity index (χ0n) is 11.7. The van der Waals surface area contributed by atoms with Gasteiger partial charge in [0, 0.05) is 20.8 Å². The maximum atomic E-state index is 11.1. The highest BCUT2D eigenvalue weighted by Crippen LogP contribution is 2.29. The lowest BCUT2D eigenvalue weighted by Crippen LogP contribution is -2.44. The van der Waals surface area contributed by atoms with Gasteiger partial charge in [-0.25, -0.2) is 0 Å². The van der Waals surface area contributed by atoms with Crippen molar-refractivity contribution in [2.24, 2.45) is 0 Å². The van der Waals surface area contributed by atoms with E-state index in [0.29, 0.717) is 0 Å². The minimum atomic E-state index is -1.47. The number of carbonyl (C=O) groups is 3. The maximum absolute atomic E-state index is 11.1. The minimum Gasteiger partial charge on any atom is -0.460 e. The largest absolute Gasteiger partial charge is 0.460 e. The first-order valence-electron chi connectivity index (χ1n) is 6.07. The van der Waals surface area contributed by atoms with Gasteiger partial charge in [-0.2, -0.15) is 0 Å². The van der Waals surface area contributed by atoms with Gasteiger partial charge in [-0.15, -0.1) is 0 Å². The first-order valence-corrected chi connectivity index (χ1v) is 6.07. The van der Waals surface area contributed by atoms with Crippen molar-refractivity contribution in [2.75, 3.05) is 0 Å². The molecule has 1 heterocycles. The Balaban J connectivity index is 2.89. The van der Waals surface area contributed by atoms with E-state index in [4.69, 9.17) is 18.9 Å². The summed E-state index contributed by atoms with van der Waals surface area (Å²) >= 11 is 0. The second-order valence-corrected chi connectivity index (χ2v) is 4.45. The average Bonchev–Trinajstić information content (AvgIpc) is 2.55. The van der Waals surface area contributed by atoms with Crippen LogP contribution >= 0.6 is 0 Å². The number of hydrogen-bond donors (Lipinski definition) is 1. The molecule has 0 radical (unpaired) electrons. The molecule has 1 fully saturated rings. The maximum Gasteiger partial charge on any atom is 0.303 e. The fourth-order valence-corrected chi connectivity index (χ4v) is 2.01. The van der Waals surface area contributed by atoms with Gasteiger partial charge in [0.1, 0.15) is 12.2 Å². The minimum absolute atomic E-state index is 0.548. The Morgan fingerprint density at radius 2 is 1.50 bits per heavy atom. The Morgan fingerprint density at radius 1 is 1.00 bits per heavy atom. The fraction of sp³-hybridized carbons (Fsp3) is 0.750. The van der Waals surface area contributed by atoms with Gasteiger partial charge in [0.25, 0.3) is 0 Å². The van der Waals surface area contributed by atoms with E-state index in [0.717, 1.165) is 6.92 Å². The van der Waals surface area contributed by atoms with Crippen LogP contribution in [0.25, 0.3) is 0 Å². The summed E-state index contributed by atoms with van der Waals surface area (Å²) in [6.45, 7) is 5.06. The summed E-state index contributed by atoms with van der Waals surface area (Å²) in [4.78, 5) is 33.1. The van der Waals surface area contributed by atoms with E-state index in [-0.39, 0.29) is 0 Å². The van der Waals surface area contributed by atoms with Crippen molar-refractivity contribution < 1.29 is 38.4 Å². The summed E-state index contributed by atoms with van der Waals surface area (Å²) < 4.78 is 20.0. The Morgan fingerprint density at radius 3 is 1.95 bits per heavy atom. The highest BCUT2D eigenvalue weighted by atomic mass is 16.7. The molecule has 0 aromatic carbocycles. The van der Waals surface area contributed by atoms with Gasteiger partial charge in [-0.1, -0.05) is 0 Å². The summed E-state index contributed by atoms with van der Waals surface area (Å²) in [6.07, 6.45) is -5.40. The van der Waals surface area contributed by atoms with E-state index in [2.05, 4.69) is 0 Å². The lowest BCUT2D eigenvalue weighted by atomic mass is 10.1. The third-order valence-electron chi connectivity index (χ3n) is 2.64. The average molecular weight is 290 g/mol. The summed E-state index contributed by atoms with van der Waals surface area (Å²) in [5.41, 5.74) is 0. The van der Waals surface area contributed by atoms with Crippen LogP contribution < -0.4 is 0 Å². The van der Waals surface area contributed by atoms with Gasteiger partial charge in [0.15, 0.2) is 18.5 Å². The molecule has 0 saturated carbocycles. The van der Waals surface area contributed by atoms with Crippen molar-refractivity contribution in [3.8, 4) is 0 Å². The van der Waals surface area contributed by atoms with Crippen molar-refractivity contribution in [2.45, 2.75) is 58.4 Å². The zero-order chi connectivity index (χ0) is 15.4. The van der Waals surface area contributed by atoms with Gasteiger partial charge in [0.05, 0.1) is 0 Å². The molecule has 1 saturated heterocycles. The fourth-order valence-electron chi connectivity index (χ4n) is 2.01. The number of hydrogen-bond acceptors (Lipinski definition) is 8. The molecule has 0 amide bonds. The molecule has 0 aliphatic carbocycles. The van der Waals surface area contributed by atoms with Crippen LogP contribution in [-0.2, 0) is 33.3 Å². The van der Waals surface area contributed by atoms with E-state index in [9.17, 15) is 19.5 Å². The number of aliphatic hydroxyl groups excluding tert-OH is 1. The molecule has 1 N–H and O–H groups in total. The van der Waals surface area contributed by atoms with E-state index >= 15 is 0 Å². The molecule has 0 aromatic heterocycles. The molecule has 0 spiro atoms. The molecular formula is C12H18O8. The van der Waals surface area contributed by atoms with Crippen LogP contribution in [-0.4, -0.2) is 53.7 Å². The van der Waals surface area contributed by atoms with Gasteiger partial charge in [-0.3, -0.25) is 14.4 Å². The summed E-state index contributed by atoms with van der Waals surface area (Å²) in [5, 5.41) is 9.74. The number of carbonyl (C=O) groups excluding carboxylic acids is 3. The highest BCUT2D eigenvalue weighted by Gasteiger charge is 2.51.